The molecule has 3 heterocycles. The van der Waals surface area contributed by atoms with Crippen LogP contribution < -0.4 is 0 Å². The maximum Gasteiger partial charge on any atom is 0.289 e. The van der Waals surface area contributed by atoms with Crippen LogP contribution in [0, 0.1) is 6.92 Å². The molecular formula is C20H24N4O2. The number of aromatic nitrogens is 2. The highest BCUT2D eigenvalue weighted by Gasteiger charge is 2.25. The van der Waals surface area contributed by atoms with Crippen LogP contribution in [0.3, 0.4) is 0 Å². The van der Waals surface area contributed by atoms with Gasteiger partial charge in [0.2, 0.25) is 0 Å². The molecular weight excluding hydrogens is 328 g/mol. The Bertz CT molecular complexity index is 927. The molecule has 3 aromatic rings. The van der Waals surface area contributed by atoms with E-state index in [2.05, 4.69) is 9.88 Å². The lowest BCUT2D eigenvalue weighted by atomic mass is 10.1. The minimum Gasteiger partial charge on any atom is -0.451 e. The van der Waals surface area contributed by atoms with Crippen molar-refractivity contribution in [1.29, 1.82) is 0 Å². The van der Waals surface area contributed by atoms with E-state index in [9.17, 15) is 4.79 Å². The summed E-state index contributed by atoms with van der Waals surface area (Å²) in [7, 11) is 2.01. The van der Waals surface area contributed by atoms with Crippen molar-refractivity contribution in [1.82, 2.24) is 19.4 Å². The van der Waals surface area contributed by atoms with Crippen LogP contribution in [0.15, 0.2) is 41.1 Å². The number of benzene rings is 1. The first-order valence-corrected chi connectivity index (χ1v) is 9.09. The molecule has 136 valence electrons. The monoisotopic (exact) mass is 352 g/mol. The Balaban J connectivity index is 1.47. The first kappa shape index (κ1) is 16.8. The van der Waals surface area contributed by atoms with Crippen molar-refractivity contribution >= 4 is 16.9 Å². The maximum atomic E-state index is 13.0. The van der Waals surface area contributed by atoms with Crippen molar-refractivity contribution in [2.75, 3.05) is 26.2 Å². The lowest BCUT2D eigenvalue weighted by Crippen LogP contribution is -2.35. The summed E-state index contributed by atoms with van der Waals surface area (Å²) in [6.07, 6.45) is 4.75. The fourth-order valence-corrected chi connectivity index (χ4v) is 3.60. The smallest absolute Gasteiger partial charge is 0.289 e. The molecule has 0 radical (unpaired) electrons. The number of rotatable bonds is 3. The zero-order chi connectivity index (χ0) is 18.1. The third kappa shape index (κ3) is 3.12. The Kier molecular flexibility index (Phi) is 4.51. The predicted octanol–water partition coefficient (Wildman–Crippen LogP) is 2.82. The van der Waals surface area contributed by atoms with Gasteiger partial charge < -0.3 is 13.9 Å². The minimum absolute atomic E-state index is 0.00228. The van der Waals surface area contributed by atoms with Gasteiger partial charge in [0, 0.05) is 56.6 Å². The van der Waals surface area contributed by atoms with Gasteiger partial charge >= 0.3 is 0 Å². The van der Waals surface area contributed by atoms with Crippen molar-refractivity contribution in [3.63, 3.8) is 0 Å². The van der Waals surface area contributed by atoms with E-state index in [0.29, 0.717) is 12.3 Å². The molecule has 0 aliphatic carbocycles. The number of furan rings is 1. The summed E-state index contributed by atoms with van der Waals surface area (Å²) in [5, 5.41) is 1.02. The number of carbonyl (C=O) groups is 1. The second-order valence-corrected chi connectivity index (χ2v) is 6.93. The second-order valence-electron chi connectivity index (χ2n) is 6.93. The molecule has 0 N–H and O–H groups in total. The predicted molar refractivity (Wildman–Crippen MR) is 100.0 cm³/mol. The molecule has 0 spiro atoms. The molecule has 0 saturated carbocycles. The van der Waals surface area contributed by atoms with E-state index in [1.165, 1.54) is 0 Å². The average molecular weight is 352 g/mol. The highest BCUT2D eigenvalue weighted by Crippen LogP contribution is 2.26. The summed E-state index contributed by atoms with van der Waals surface area (Å²) in [5.74, 6) is 1.53. The van der Waals surface area contributed by atoms with Gasteiger partial charge in [-0.15, -0.1) is 0 Å². The fourth-order valence-electron chi connectivity index (χ4n) is 3.60. The van der Waals surface area contributed by atoms with Gasteiger partial charge in [0.05, 0.1) is 6.54 Å². The zero-order valence-corrected chi connectivity index (χ0v) is 15.3. The molecule has 0 unspecified atom stereocenters. The molecule has 1 amide bonds. The number of aryl methyl sites for hydroxylation is 2. The lowest BCUT2D eigenvalue weighted by Gasteiger charge is -2.21. The maximum absolute atomic E-state index is 13.0. The van der Waals surface area contributed by atoms with Crippen LogP contribution >= 0.6 is 0 Å². The topological polar surface area (TPSA) is 54.5 Å². The number of imidazole rings is 1. The van der Waals surface area contributed by atoms with E-state index in [0.717, 1.165) is 55.0 Å². The Morgan fingerprint density at radius 3 is 2.81 bits per heavy atom. The van der Waals surface area contributed by atoms with E-state index in [1.807, 2.05) is 60.1 Å². The van der Waals surface area contributed by atoms with E-state index in [-0.39, 0.29) is 5.91 Å². The zero-order valence-electron chi connectivity index (χ0n) is 15.3. The van der Waals surface area contributed by atoms with Gasteiger partial charge in [0.1, 0.15) is 11.4 Å². The number of nitrogens with zero attached hydrogens (tertiary/aromatic N) is 4. The molecule has 2 aromatic heterocycles. The van der Waals surface area contributed by atoms with Crippen LogP contribution in [-0.2, 0) is 13.6 Å². The summed E-state index contributed by atoms with van der Waals surface area (Å²) in [5.41, 5.74) is 1.71. The summed E-state index contributed by atoms with van der Waals surface area (Å²) in [6.45, 7) is 6.05. The molecule has 1 aromatic carbocycles. The van der Waals surface area contributed by atoms with Crippen molar-refractivity contribution in [3.05, 3.63) is 53.8 Å². The summed E-state index contributed by atoms with van der Waals surface area (Å²) < 4.78 is 7.91. The highest BCUT2D eigenvalue weighted by atomic mass is 16.3. The van der Waals surface area contributed by atoms with Crippen molar-refractivity contribution < 1.29 is 9.21 Å². The third-order valence-electron chi connectivity index (χ3n) is 5.20. The second kappa shape index (κ2) is 6.96. The Labute approximate surface area is 153 Å². The molecule has 1 saturated heterocycles. The van der Waals surface area contributed by atoms with Crippen molar-refractivity contribution in [2.24, 2.45) is 7.05 Å². The van der Waals surface area contributed by atoms with Crippen LogP contribution in [0.25, 0.3) is 11.0 Å². The molecule has 0 bridgehead atoms. The van der Waals surface area contributed by atoms with Gasteiger partial charge in [-0.2, -0.15) is 0 Å². The summed E-state index contributed by atoms with van der Waals surface area (Å²) in [4.78, 5) is 21.7. The van der Waals surface area contributed by atoms with Crippen molar-refractivity contribution in [3.8, 4) is 0 Å². The molecule has 0 atom stereocenters. The first-order chi connectivity index (χ1) is 12.6. The summed E-state index contributed by atoms with van der Waals surface area (Å²) in [6, 6.07) is 7.82. The van der Waals surface area contributed by atoms with Gasteiger partial charge in [0.25, 0.3) is 5.91 Å². The number of amides is 1. The highest BCUT2D eigenvalue weighted by molar-refractivity contribution is 5.98. The van der Waals surface area contributed by atoms with Crippen LogP contribution in [0.2, 0.25) is 0 Å². The largest absolute Gasteiger partial charge is 0.451 e. The quantitative estimate of drug-likeness (QED) is 0.727. The van der Waals surface area contributed by atoms with E-state index in [1.54, 1.807) is 0 Å². The fraction of sp³-hybridized carbons (Fsp3) is 0.400. The van der Waals surface area contributed by atoms with E-state index >= 15 is 0 Å². The molecule has 1 aliphatic rings. The molecule has 1 aliphatic heterocycles. The third-order valence-corrected chi connectivity index (χ3v) is 5.20. The van der Waals surface area contributed by atoms with Gasteiger partial charge in [0.15, 0.2) is 5.76 Å². The van der Waals surface area contributed by atoms with Crippen LogP contribution in [0.4, 0.5) is 0 Å². The summed E-state index contributed by atoms with van der Waals surface area (Å²) >= 11 is 0. The van der Waals surface area contributed by atoms with E-state index < -0.39 is 0 Å². The standard InChI is InChI=1S/C20H24N4O2/c1-15-16-6-3-4-7-17(16)26-19(15)20(25)24-10-5-9-23(12-13-24)14-18-21-8-11-22(18)2/h3-4,6-8,11H,5,9-10,12-14H2,1-2H3. The molecule has 6 nitrogen and oxygen atoms in total. The Morgan fingerprint density at radius 1 is 1.19 bits per heavy atom. The van der Waals surface area contributed by atoms with E-state index in [4.69, 9.17) is 4.42 Å². The number of carbonyl (C=O) groups excluding carboxylic acids is 1. The minimum atomic E-state index is -0.00228. The van der Waals surface area contributed by atoms with Crippen LogP contribution in [0.1, 0.15) is 28.4 Å². The number of hydrogen-bond acceptors (Lipinski definition) is 4. The lowest BCUT2D eigenvalue weighted by molar-refractivity contribution is 0.0730. The molecule has 26 heavy (non-hydrogen) atoms. The van der Waals surface area contributed by atoms with Gasteiger partial charge in [-0.05, 0) is 19.4 Å². The van der Waals surface area contributed by atoms with Crippen LogP contribution in [0.5, 0.6) is 0 Å². The van der Waals surface area contributed by atoms with Gasteiger partial charge in [-0.3, -0.25) is 9.69 Å². The molecule has 4 rings (SSSR count). The van der Waals surface area contributed by atoms with Crippen LogP contribution in [-0.4, -0.2) is 51.4 Å². The van der Waals surface area contributed by atoms with Gasteiger partial charge in [-0.25, -0.2) is 4.98 Å². The average Bonchev–Trinajstić information content (AvgIpc) is 3.10. The molecule has 1 fully saturated rings. The van der Waals surface area contributed by atoms with Crippen molar-refractivity contribution in [2.45, 2.75) is 19.9 Å². The Hall–Kier alpha value is -2.60. The number of fused-ring (bicyclic) bond motifs is 1. The number of hydrogen-bond donors (Lipinski definition) is 0. The first-order valence-electron chi connectivity index (χ1n) is 9.09. The molecule has 6 heteroatoms. The Morgan fingerprint density at radius 2 is 2.04 bits per heavy atom. The normalized spacial score (nSPS) is 16.2. The SMILES string of the molecule is Cc1c(C(=O)N2CCCN(Cc3nccn3C)CC2)oc2ccccc12. The number of para-hydroxylation sites is 1. The van der Waals surface area contributed by atoms with Gasteiger partial charge in [-0.1, -0.05) is 18.2 Å².